The molecule has 3 aromatic heterocycles. The van der Waals surface area contributed by atoms with E-state index in [0.717, 1.165) is 24.3 Å². The van der Waals surface area contributed by atoms with Crippen molar-refractivity contribution in [2.75, 3.05) is 0 Å². The lowest BCUT2D eigenvalue weighted by atomic mass is 9.49. The fraction of sp³-hybridized carbons (Fsp3) is 0.600. The van der Waals surface area contributed by atoms with Crippen LogP contribution in [0.1, 0.15) is 44.2 Å². The van der Waals surface area contributed by atoms with E-state index in [1.807, 2.05) is 10.7 Å². The number of rotatable bonds is 3. The Morgan fingerprint density at radius 3 is 2.52 bits per heavy atom. The first-order valence-corrected chi connectivity index (χ1v) is 10.5. The van der Waals surface area contributed by atoms with Gasteiger partial charge in [0.25, 0.3) is 0 Å². The highest BCUT2D eigenvalue weighted by Crippen LogP contribution is 2.60. The molecule has 0 aromatic carbocycles. The van der Waals surface area contributed by atoms with E-state index < -0.39 is 0 Å². The fourth-order valence-electron chi connectivity index (χ4n) is 6.50. The summed E-state index contributed by atoms with van der Waals surface area (Å²) in [6.45, 7) is 3.37. The normalized spacial score (nSPS) is 33.6. The first-order chi connectivity index (χ1) is 12.2. The molecule has 0 aliphatic heterocycles. The van der Waals surface area contributed by atoms with Crippen LogP contribution in [0.5, 0.6) is 0 Å². The summed E-state index contributed by atoms with van der Waals surface area (Å²) in [4.78, 5) is 2.47. The molecule has 5 heteroatoms. The summed E-state index contributed by atoms with van der Waals surface area (Å²) < 4.78 is 4.28. The highest BCUT2D eigenvalue weighted by atomic mass is 32.1. The first-order valence-electron chi connectivity index (χ1n) is 9.63. The number of fused-ring (bicyclic) bond motifs is 1. The van der Waals surface area contributed by atoms with Gasteiger partial charge in [-0.15, -0.1) is 11.3 Å². The Balaban J connectivity index is 1.33. The summed E-state index contributed by atoms with van der Waals surface area (Å²) in [5.74, 6) is 3.02. The van der Waals surface area contributed by atoms with Gasteiger partial charge in [-0.1, -0.05) is 0 Å². The maximum atomic E-state index is 4.82. The van der Waals surface area contributed by atoms with Crippen LogP contribution >= 0.6 is 11.3 Å². The summed E-state index contributed by atoms with van der Waals surface area (Å²) in [5.41, 5.74) is 3.13. The van der Waals surface area contributed by atoms with Crippen LogP contribution in [0.4, 0.5) is 0 Å². The van der Waals surface area contributed by atoms with Crippen LogP contribution in [-0.4, -0.2) is 19.4 Å². The molecular weight excluding hydrogens is 328 g/mol. The molecule has 0 radical (unpaired) electrons. The largest absolute Gasteiger partial charge is 0.269 e. The molecule has 0 atom stereocenters. The van der Waals surface area contributed by atoms with E-state index >= 15 is 0 Å². The predicted octanol–water partition coefficient (Wildman–Crippen LogP) is 4.78. The van der Waals surface area contributed by atoms with Crippen molar-refractivity contribution in [2.24, 2.45) is 23.2 Å². The second-order valence-corrected chi connectivity index (χ2v) is 9.99. The van der Waals surface area contributed by atoms with Crippen LogP contribution in [0.2, 0.25) is 0 Å². The van der Waals surface area contributed by atoms with Gasteiger partial charge in [-0.25, -0.2) is 4.52 Å². The molecule has 25 heavy (non-hydrogen) atoms. The maximum absolute atomic E-state index is 4.82. The molecule has 0 amide bonds. The number of nitrogens with zero attached hydrogens (tertiary/aromatic N) is 4. The van der Waals surface area contributed by atoms with Crippen LogP contribution in [0, 0.1) is 30.1 Å². The van der Waals surface area contributed by atoms with Crippen molar-refractivity contribution in [3.63, 3.8) is 0 Å². The van der Waals surface area contributed by atoms with Gasteiger partial charge in [0.05, 0.1) is 17.3 Å². The Hall–Kier alpha value is -1.62. The van der Waals surface area contributed by atoms with E-state index in [1.54, 1.807) is 11.3 Å². The van der Waals surface area contributed by atoms with E-state index in [-0.39, 0.29) is 0 Å². The molecule has 4 nitrogen and oxygen atoms in total. The molecule has 3 heterocycles. The fourth-order valence-corrected chi connectivity index (χ4v) is 7.51. The molecular formula is C20H24N4S. The predicted molar refractivity (Wildman–Crippen MR) is 99.6 cm³/mol. The molecule has 4 aliphatic carbocycles. The zero-order valence-corrected chi connectivity index (χ0v) is 15.5. The van der Waals surface area contributed by atoms with Crippen molar-refractivity contribution in [1.82, 2.24) is 19.4 Å². The number of hydrogen-bond donors (Lipinski definition) is 0. The summed E-state index contributed by atoms with van der Waals surface area (Å²) in [6, 6.07) is 2.07. The van der Waals surface area contributed by atoms with Crippen LogP contribution < -0.4 is 0 Å². The second-order valence-electron chi connectivity index (χ2n) is 8.93. The van der Waals surface area contributed by atoms with Crippen molar-refractivity contribution in [3.8, 4) is 10.4 Å². The van der Waals surface area contributed by atoms with E-state index in [9.17, 15) is 0 Å². The molecule has 4 fully saturated rings. The molecule has 4 bridgehead atoms. The lowest BCUT2D eigenvalue weighted by molar-refractivity contribution is -0.0638. The smallest absolute Gasteiger partial charge is 0.119 e. The zero-order chi connectivity index (χ0) is 16.6. The van der Waals surface area contributed by atoms with Gasteiger partial charge in [0.2, 0.25) is 0 Å². The minimum Gasteiger partial charge on any atom is -0.269 e. The van der Waals surface area contributed by atoms with Gasteiger partial charge >= 0.3 is 0 Å². The average Bonchev–Trinajstić information content (AvgIpc) is 3.21. The molecule has 4 saturated carbocycles. The van der Waals surface area contributed by atoms with Gasteiger partial charge in [0, 0.05) is 24.0 Å². The lowest BCUT2D eigenvalue weighted by Gasteiger charge is -2.56. The zero-order valence-electron chi connectivity index (χ0n) is 14.7. The minimum absolute atomic E-state index is 0.535. The lowest BCUT2D eigenvalue weighted by Crippen LogP contribution is -2.48. The Kier molecular flexibility index (Phi) is 2.89. The Morgan fingerprint density at radius 2 is 1.84 bits per heavy atom. The van der Waals surface area contributed by atoms with E-state index in [2.05, 4.69) is 35.2 Å². The van der Waals surface area contributed by atoms with Crippen LogP contribution in [0.3, 0.4) is 0 Å². The van der Waals surface area contributed by atoms with Crippen molar-refractivity contribution >= 4 is 16.2 Å². The summed E-state index contributed by atoms with van der Waals surface area (Å²) in [7, 11) is 0. The Labute approximate surface area is 151 Å². The number of hydrogen-bond acceptors (Lipinski definition) is 3. The van der Waals surface area contributed by atoms with Crippen LogP contribution in [0.25, 0.3) is 15.3 Å². The summed E-state index contributed by atoms with van der Waals surface area (Å²) >= 11 is 1.80. The van der Waals surface area contributed by atoms with Crippen molar-refractivity contribution in [1.29, 1.82) is 0 Å². The Morgan fingerprint density at radius 1 is 1.12 bits per heavy atom. The molecule has 0 N–H and O–H groups in total. The second kappa shape index (κ2) is 4.97. The molecule has 0 spiro atoms. The molecule has 3 aromatic rings. The van der Waals surface area contributed by atoms with E-state index in [4.69, 9.17) is 5.10 Å². The van der Waals surface area contributed by atoms with Gasteiger partial charge in [-0.3, -0.25) is 4.68 Å². The monoisotopic (exact) mass is 352 g/mol. The third-order valence-electron chi connectivity index (χ3n) is 7.11. The molecule has 0 saturated heterocycles. The number of thiazole rings is 1. The number of aromatic nitrogens is 4. The maximum Gasteiger partial charge on any atom is 0.119 e. The van der Waals surface area contributed by atoms with Gasteiger partial charge in [-0.2, -0.15) is 10.2 Å². The van der Waals surface area contributed by atoms with E-state index in [0.29, 0.717) is 5.41 Å². The van der Waals surface area contributed by atoms with Crippen molar-refractivity contribution < 1.29 is 0 Å². The van der Waals surface area contributed by atoms with Gasteiger partial charge in [0.15, 0.2) is 0 Å². The molecule has 130 valence electrons. The highest BCUT2D eigenvalue weighted by molar-refractivity contribution is 7.20. The average molecular weight is 353 g/mol. The third-order valence-corrected chi connectivity index (χ3v) is 8.18. The first kappa shape index (κ1) is 14.5. The Bertz CT molecular complexity index is 882. The summed E-state index contributed by atoms with van der Waals surface area (Å²) in [6.07, 6.45) is 14.9. The SMILES string of the molecule is Cc1c(-c2cn3nccc3s2)cnn1CC12CC3CC(CC(C3)C1)C2. The van der Waals surface area contributed by atoms with Crippen molar-refractivity contribution in [2.45, 2.75) is 52.0 Å². The van der Waals surface area contributed by atoms with Gasteiger partial charge in [-0.05, 0) is 74.7 Å². The van der Waals surface area contributed by atoms with Crippen molar-refractivity contribution in [3.05, 3.63) is 30.4 Å². The van der Waals surface area contributed by atoms with E-state index in [1.165, 1.54) is 59.5 Å². The van der Waals surface area contributed by atoms with Gasteiger partial charge < -0.3 is 0 Å². The quantitative estimate of drug-likeness (QED) is 0.680. The molecule has 7 rings (SSSR count). The summed E-state index contributed by atoms with van der Waals surface area (Å²) in [5, 5.41) is 9.16. The highest BCUT2D eigenvalue weighted by Gasteiger charge is 2.51. The topological polar surface area (TPSA) is 35.1 Å². The molecule has 0 unspecified atom stereocenters. The molecule has 4 aliphatic rings. The minimum atomic E-state index is 0.535. The van der Waals surface area contributed by atoms with Crippen LogP contribution in [-0.2, 0) is 6.54 Å². The standard InChI is InChI=1S/C20H24N4S/c1-13-17(18-11-23-19(25-18)2-3-21-23)10-22-24(13)12-20-7-14-4-15(8-20)6-16(5-14)9-20/h2-3,10-11,14-16H,4-9,12H2,1H3. The third kappa shape index (κ3) is 2.17. The van der Waals surface area contributed by atoms with Gasteiger partial charge in [0.1, 0.15) is 4.83 Å². The van der Waals surface area contributed by atoms with Crippen LogP contribution in [0.15, 0.2) is 24.7 Å².